The number of hydrogen-bond donors (Lipinski definition) is 0. The van der Waals surface area contributed by atoms with E-state index in [1.54, 1.807) is 0 Å². The first-order valence-corrected chi connectivity index (χ1v) is 16.7. The average molecular weight is 574 g/mol. The third kappa shape index (κ3) is 4.62. The summed E-state index contributed by atoms with van der Waals surface area (Å²) in [4.78, 5) is 0. The Balaban J connectivity index is 1.68. The molecule has 0 saturated carbocycles. The van der Waals surface area contributed by atoms with Crippen molar-refractivity contribution in [3.8, 4) is 5.75 Å². The van der Waals surface area contributed by atoms with Crippen LogP contribution in [0.2, 0.25) is 5.02 Å². The van der Waals surface area contributed by atoms with E-state index in [9.17, 15) is 0 Å². The Morgan fingerprint density at radius 1 is 0.528 bits per heavy atom. The van der Waals surface area contributed by atoms with Gasteiger partial charge in [0.2, 0.25) is 0 Å². The van der Waals surface area contributed by atoms with Crippen molar-refractivity contribution in [1.29, 1.82) is 0 Å². The molecular formula is C32H27BrClOP. The van der Waals surface area contributed by atoms with Crippen molar-refractivity contribution in [3.63, 3.8) is 0 Å². The van der Waals surface area contributed by atoms with Gasteiger partial charge in [-0.3, -0.25) is 0 Å². The fourth-order valence-electron chi connectivity index (χ4n) is 4.80. The third-order valence-electron chi connectivity index (χ3n) is 6.66. The molecule has 0 unspecified atom stereocenters. The van der Waals surface area contributed by atoms with Crippen molar-refractivity contribution >= 4 is 48.3 Å². The summed E-state index contributed by atoms with van der Waals surface area (Å²) in [5.41, 5.74) is 2.12. The molecule has 5 aromatic carbocycles. The van der Waals surface area contributed by atoms with E-state index in [1.165, 1.54) is 15.9 Å². The fourth-order valence-corrected chi connectivity index (χ4v) is 12.7. The molecule has 4 heteroatoms. The molecule has 0 amide bonds. The minimum absolute atomic E-state index is 0.414. The first-order chi connectivity index (χ1) is 17.6. The SMILES string of the molecule is Clc1ccccc1COc1ccccc1CP(Br)(c1ccccc1)(c1ccccc1)c1ccccc1. The summed E-state index contributed by atoms with van der Waals surface area (Å²) in [6.45, 7) is 0.414. The summed E-state index contributed by atoms with van der Waals surface area (Å²) in [5, 5.41) is 1.42. The van der Waals surface area contributed by atoms with E-state index in [1.807, 2.05) is 30.3 Å². The molecule has 0 aliphatic heterocycles. The van der Waals surface area contributed by atoms with Crippen molar-refractivity contribution in [2.75, 3.05) is 0 Å². The van der Waals surface area contributed by atoms with E-state index < -0.39 is 5.31 Å². The summed E-state index contributed by atoms with van der Waals surface area (Å²) in [6, 6.07) is 48.7. The molecule has 5 rings (SSSR count). The van der Waals surface area contributed by atoms with Gasteiger partial charge in [0.05, 0.1) is 0 Å². The van der Waals surface area contributed by atoms with Crippen LogP contribution in [-0.4, -0.2) is 0 Å². The van der Waals surface area contributed by atoms with E-state index >= 15 is 0 Å². The Bertz CT molecular complexity index is 1340. The summed E-state index contributed by atoms with van der Waals surface area (Å²) in [6.07, 6.45) is 0.766. The Morgan fingerprint density at radius 3 is 1.44 bits per heavy atom. The van der Waals surface area contributed by atoms with Crippen molar-refractivity contribution in [2.45, 2.75) is 12.8 Å². The second-order valence-electron chi connectivity index (χ2n) is 8.84. The molecule has 1 nitrogen and oxygen atoms in total. The van der Waals surface area contributed by atoms with Gasteiger partial charge < -0.3 is 0 Å². The van der Waals surface area contributed by atoms with Gasteiger partial charge in [-0.15, -0.1) is 0 Å². The monoisotopic (exact) mass is 572 g/mol. The van der Waals surface area contributed by atoms with Crippen LogP contribution in [0.5, 0.6) is 5.75 Å². The van der Waals surface area contributed by atoms with Crippen LogP contribution in [0, 0.1) is 0 Å². The first kappa shape index (κ1) is 24.8. The zero-order valence-electron chi connectivity index (χ0n) is 19.8. The molecule has 180 valence electrons. The quantitative estimate of drug-likeness (QED) is 0.170. The van der Waals surface area contributed by atoms with Gasteiger partial charge in [-0.25, -0.2) is 0 Å². The molecule has 0 N–H and O–H groups in total. The third-order valence-corrected chi connectivity index (χ3v) is 16.5. The number of rotatable bonds is 8. The second-order valence-corrected chi connectivity index (χ2v) is 18.2. The van der Waals surface area contributed by atoms with Gasteiger partial charge in [-0.1, -0.05) is 0 Å². The van der Waals surface area contributed by atoms with Gasteiger partial charge in [-0.2, -0.15) is 0 Å². The molecule has 0 saturated heterocycles. The number of ether oxygens (including phenoxy) is 1. The van der Waals surface area contributed by atoms with Crippen LogP contribution < -0.4 is 20.7 Å². The standard InChI is InChI=1S/C32H27BrClOP/c33-36(28-16-4-1-5-17-28,29-18-6-2-7-19-29,30-20-8-3-9-21-30)25-27-15-11-13-23-32(27)35-24-26-14-10-12-22-31(26)34/h1-23H,24-25H2. The molecule has 0 atom stereocenters. The van der Waals surface area contributed by atoms with E-state index in [0.29, 0.717) is 11.6 Å². The molecule has 0 aromatic heterocycles. The van der Waals surface area contributed by atoms with E-state index in [-0.39, 0.29) is 0 Å². The van der Waals surface area contributed by atoms with Crippen LogP contribution in [0.1, 0.15) is 11.1 Å². The number of halogens is 2. The molecule has 36 heavy (non-hydrogen) atoms. The molecule has 0 fully saturated rings. The second kappa shape index (κ2) is 10.6. The maximum atomic E-state index is 6.42. The molecule has 0 heterocycles. The topological polar surface area (TPSA) is 9.23 Å². The van der Waals surface area contributed by atoms with Gasteiger partial charge in [0.25, 0.3) is 0 Å². The molecule has 0 aliphatic carbocycles. The molecular weight excluding hydrogens is 547 g/mol. The van der Waals surface area contributed by atoms with Gasteiger partial charge in [-0.05, 0) is 0 Å². The number of para-hydroxylation sites is 1. The Morgan fingerprint density at radius 2 is 0.944 bits per heavy atom. The Labute approximate surface area is 226 Å². The molecule has 0 spiro atoms. The van der Waals surface area contributed by atoms with Crippen LogP contribution in [0.25, 0.3) is 0 Å². The zero-order chi connectivity index (χ0) is 24.9. The molecule has 0 bridgehead atoms. The zero-order valence-corrected chi connectivity index (χ0v) is 23.0. The number of benzene rings is 5. The maximum absolute atomic E-state index is 6.42. The summed E-state index contributed by atoms with van der Waals surface area (Å²) < 4.78 is 6.42. The molecule has 0 radical (unpaired) electrons. The van der Waals surface area contributed by atoms with Crippen LogP contribution >= 0.6 is 32.4 Å². The van der Waals surface area contributed by atoms with Gasteiger partial charge in [0.15, 0.2) is 0 Å². The van der Waals surface area contributed by atoms with Crippen LogP contribution in [-0.2, 0) is 12.8 Å². The minimum atomic E-state index is -3.13. The predicted octanol–water partition coefficient (Wildman–Crippen LogP) is 8.26. The average Bonchev–Trinajstić information content (AvgIpc) is 2.95. The normalized spacial score (nSPS) is 12.4. The molecule has 5 aromatic rings. The summed E-state index contributed by atoms with van der Waals surface area (Å²) in [5.74, 6) is 0.869. The van der Waals surface area contributed by atoms with Crippen molar-refractivity contribution in [3.05, 3.63) is 156 Å². The van der Waals surface area contributed by atoms with E-state index in [4.69, 9.17) is 16.3 Å². The van der Waals surface area contributed by atoms with Gasteiger partial charge in [0.1, 0.15) is 0 Å². The molecule has 0 aliphatic rings. The fraction of sp³-hybridized carbons (Fsp3) is 0.0625. The van der Waals surface area contributed by atoms with Crippen molar-refractivity contribution in [2.24, 2.45) is 0 Å². The van der Waals surface area contributed by atoms with Crippen LogP contribution in [0.3, 0.4) is 0 Å². The Kier molecular flexibility index (Phi) is 7.30. The number of hydrogen-bond acceptors (Lipinski definition) is 1. The van der Waals surface area contributed by atoms with E-state index in [2.05, 4.69) is 125 Å². The van der Waals surface area contributed by atoms with E-state index in [0.717, 1.165) is 23.0 Å². The summed E-state index contributed by atoms with van der Waals surface area (Å²) >= 11 is 11.0. The van der Waals surface area contributed by atoms with Crippen LogP contribution in [0.15, 0.2) is 140 Å². The van der Waals surface area contributed by atoms with Gasteiger partial charge in [0, 0.05) is 0 Å². The van der Waals surface area contributed by atoms with Crippen LogP contribution in [0.4, 0.5) is 0 Å². The van der Waals surface area contributed by atoms with Crippen molar-refractivity contribution < 1.29 is 4.74 Å². The van der Waals surface area contributed by atoms with Crippen molar-refractivity contribution in [1.82, 2.24) is 0 Å². The first-order valence-electron chi connectivity index (χ1n) is 11.9. The Hall–Kier alpha value is -2.90. The van der Waals surface area contributed by atoms with Gasteiger partial charge >= 0.3 is 227 Å². The summed E-state index contributed by atoms with van der Waals surface area (Å²) in [7, 11) is 0. The predicted molar refractivity (Wildman–Crippen MR) is 160 cm³/mol.